The molecule has 2 aliphatic heterocycles. The molecule has 1 aromatic carbocycles. The number of aliphatic hydroxyl groups is 1. The van der Waals surface area contributed by atoms with Gasteiger partial charge in [-0.25, -0.2) is 13.6 Å². The topological polar surface area (TPSA) is 55.8 Å². The summed E-state index contributed by atoms with van der Waals surface area (Å²) in [4.78, 5) is 16.2. The summed E-state index contributed by atoms with van der Waals surface area (Å²) in [5, 5.41) is 12.2. The lowest BCUT2D eigenvalue weighted by molar-refractivity contribution is 0.171. The number of amides is 2. The highest BCUT2D eigenvalue weighted by Gasteiger charge is 2.28. The highest BCUT2D eigenvalue weighted by Crippen LogP contribution is 2.18. The number of rotatable bonds is 4. The zero-order chi connectivity index (χ0) is 17.8. The molecule has 138 valence electrons. The molecule has 7 heteroatoms. The lowest BCUT2D eigenvalue weighted by Gasteiger charge is -2.33. The quantitative estimate of drug-likeness (QED) is 0.870. The number of piperidine rings is 1. The van der Waals surface area contributed by atoms with Crippen LogP contribution < -0.4 is 5.32 Å². The largest absolute Gasteiger partial charge is 0.396 e. The number of likely N-dealkylation sites (tertiary alicyclic amines) is 2. The number of nitrogens with zero attached hydrogens (tertiary/aromatic N) is 2. The lowest BCUT2D eigenvalue weighted by Crippen LogP contribution is -2.48. The minimum atomic E-state index is -0.824. The summed E-state index contributed by atoms with van der Waals surface area (Å²) in [6.45, 7) is 3.66. The molecule has 0 radical (unpaired) electrons. The highest BCUT2D eigenvalue weighted by molar-refractivity contribution is 5.74. The standard InChI is InChI=1S/C18H25F2N3O2/c19-16-2-1-13(9-17(16)20)10-22-6-4-15(5-7-22)21-18(25)23-8-3-14(11-23)12-24/h1-2,9,14-15,24H,3-8,10-12H2,(H,21,25). The predicted molar refractivity (Wildman–Crippen MR) is 90.0 cm³/mol. The molecule has 1 aromatic rings. The summed E-state index contributed by atoms with van der Waals surface area (Å²) in [6, 6.07) is 4.11. The molecule has 5 nitrogen and oxygen atoms in total. The van der Waals surface area contributed by atoms with E-state index in [0.29, 0.717) is 19.6 Å². The number of carbonyl (C=O) groups is 1. The molecular formula is C18H25F2N3O2. The van der Waals surface area contributed by atoms with Crippen LogP contribution in [0.3, 0.4) is 0 Å². The van der Waals surface area contributed by atoms with Crippen LogP contribution in [0.2, 0.25) is 0 Å². The van der Waals surface area contributed by atoms with E-state index < -0.39 is 11.6 Å². The van der Waals surface area contributed by atoms with Crippen LogP contribution in [0.1, 0.15) is 24.8 Å². The second-order valence-electron chi connectivity index (χ2n) is 7.03. The van der Waals surface area contributed by atoms with E-state index in [1.165, 1.54) is 6.07 Å². The summed E-state index contributed by atoms with van der Waals surface area (Å²) < 4.78 is 26.3. The Kier molecular flexibility index (Phi) is 5.86. The van der Waals surface area contributed by atoms with Crippen LogP contribution in [-0.2, 0) is 6.54 Å². The maximum Gasteiger partial charge on any atom is 0.317 e. The number of urea groups is 1. The van der Waals surface area contributed by atoms with Crippen LogP contribution in [0.4, 0.5) is 13.6 Å². The van der Waals surface area contributed by atoms with Crippen LogP contribution in [-0.4, -0.2) is 59.8 Å². The van der Waals surface area contributed by atoms with E-state index in [1.54, 1.807) is 11.0 Å². The van der Waals surface area contributed by atoms with Gasteiger partial charge in [-0.05, 0) is 37.0 Å². The van der Waals surface area contributed by atoms with Gasteiger partial charge in [0.1, 0.15) is 0 Å². The smallest absolute Gasteiger partial charge is 0.317 e. The molecule has 0 spiro atoms. The second-order valence-corrected chi connectivity index (χ2v) is 7.03. The van der Waals surface area contributed by atoms with Crippen molar-refractivity contribution in [3.63, 3.8) is 0 Å². The molecule has 2 saturated heterocycles. The van der Waals surface area contributed by atoms with Crippen molar-refractivity contribution in [3.05, 3.63) is 35.4 Å². The molecule has 1 atom stereocenters. The summed E-state index contributed by atoms with van der Waals surface area (Å²) in [6.07, 6.45) is 2.54. The molecule has 3 rings (SSSR count). The zero-order valence-corrected chi connectivity index (χ0v) is 14.3. The molecule has 25 heavy (non-hydrogen) atoms. The minimum absolute atomic E-state index is 0.0463. The van der Waals surface area contributed by atoms with Gasteiger partial charge in [0.15, 0.2) is 11.6 Å². The fourth-order valence-electron chi connectivity index (χ4n) is 3.56. The number of aliphatic hydroxyl groups excluding tert-OH is 1. The van der Waals surface area contributed by atoms with E-state index in [9.17, 15) is 13.6 Å². The maximum atomic E-state index is 13.3. The van der Waals surface area contributed by atoms with Crippen molar-refractivity contribution in [3.8, 4) is 0 Å². The molecule has 0 aromatic heterocycles. The number of carbonyl (C=O) groups excluding carboxylic acids is 1. The Labute approximate surface area is 146 Å². The van der Waals surface area contributed by atoms with Gasteiger partial charge in [-0.1, -0.05) is 6.07 Å². The van der Waals surface area contributed by atoms with Crippen LogP contribution >= 0.6 is 0 Å². The van der Waals surface area contributed by atoms with Crippen LogP contribution in [0.15, 0.2) is 18.2 Å². The number of halogens is 2. The van der Waals surface area contributed by atoms with E-state index in [1.807, 2.05) is 0 Å². The minimum Gasteiger partial charge on any atom is -0.396 e. The Hall–Kier alpha value is -1.73. The van der Waals surface area contributed by atoms with Gasteiger partial charge in [-0.3, -0.25) is 4.90 Å². The molecule has 2 heterocycles. The van der Waals surface area contributed by atoms with E-state index >= 15 is 0 Å². The molecule has 2 amide bonds. The molecule has 2 aliphatic rings. The molecular weight excluding hydrogens is 328 g/mol. The Morgan fingerprint density at radius 2 is 1.92 bits per heavy atom. The predicted octanol–water partition coefficient (Wildman–Crippen LogP) is 1.95. The Morgan fingerprint density at radius 1 is 1.16 bits per heavy atom. The van der Waals surface area contributed by atoms with Gasteiger partial charge >= 0.3 is 6.03 Å². The van der Waals surface area contributed by atoms with E-state index in [4.69, 9.17) is 5.11 Å². The monoisotopic (exact) mass is 353 g/mol. The average Bonchev–Trinajstić information content (AvgIpc) is 3.09. The van der Waals surface area contributed by atoms with Crippen molar-refractivity contribution in [1.29, 1.82) is 0 Å². The first-order valence-corrected chi connectivity index (χ1v) is 8.87. The number of hydrogen-bond acceptors (Lipinski definition) is 3. The van der Waals surface area contributed by atoms with Crippen LogP contribution in [0.25, 0.3) is 0 Å². The maximum absolute atomic E-state index is 13.3. The van der Waals surface area contributed by atoms with Gasteiger partial charge in [0.05, 0.1) is 0 Å². The van der Waals surface area contributed by atoms with Gasteiger partial charge < -0.3 is 15.3 Å². The Morgan fingerprint density at radius 3 is 2.56 bits per heavy atom. The zero-order valence-electron chi connectivity index (χ0n) is 14.3. The fourth-order valence-corrected chi connectivity index (χ4v) is 3.56. The van der Waals surface area contributed by atoms with Crippen LogP contribution in [0.5, 0.6) is 0 Å². The van der Waals surface area contributed by atoms with Gasteiger partial charge in [0.25, 0.3) is 0 Å². The summed E-state index contributed by atoms with van der Waals surface area (Å²) >= 11 is 0. The average molecular weight is 353 g/mol. The van der Waals surface area contributed by atoms with Gasteiger partial charge in [0, 0.05) is 51.3 Å². The summed E-state index contributed by atoms with van der Waals surface area (Å²) in [7, 11) is 0. The lowest BCUT2D eigenvalue weighted by atomic mass is 10.0. The third-order valence-corrected chi connectivity index (χ3v) is 5.14. The number of hydrogen-bond donors (Lipinski definition) is 2. The van der Waals surface area contributed by atoms with Crippen molar-refractivity contribution in [2.45, 2.75) is 31.8 Å². The molecule has 0 aliphatic carbocycles. The third kappa shape index (κ3) is 4.67. The SMILES string of the molecule is O=C(NC1CCN(Cc2ccc(F)c(F)c2)CC1)N1CCC(CO)C1. The van der Waals surface area contributed by atoms with Crippen molar-refractivity contribution in [2.24, 2.45) is 5.92 Å². The van der Waals surface area contributed by atoms with Gasteiger partial charge in [0.2, 0.25) is 0 Å². The first-order valence-electron chi connectivity index (χ1n) is 8.87. The van der Waals surface area contributed by atoms with Crippen LogP contribution in [0, 0.1) is 17.6 Å². The summed E-state index contributed by atoms with van der Waals surface area (Å²) in [5.41, 5.74) is 0.758. The van der Waals surface area contributed by atoms with Crippen molar-refractivity contribution in [1.82, 2.24) is 15.1 Å². The van der Waals surface area contributed by atoms with E-state index in [2.05, 4.69) is 10.2 Å². The second kappa shape index (κ2) is 8.10. The van der Waals surface area contributed by atoms with Crippen molar-refractivity contribution in [2.75, 3.05) is 32.8 Å². The molecule has 0 bridgehead atoms. The Balaban J connectivity index is 1.42. The fraction of sp³-hybridized carbons (Fsp3) is 0.611. The van der Waals surface area contributed by atoms with Crippen molar-refractivity contribution < 1.29 is 18.7 Å². The molecule has 2 N–H and O–H groups in total. The normalized spacial score (nSPS) is 22.4. The van der Waals surface area contributed by atoms with E-state index in [-0.39, 0.29) is 24.6 Å². The molecule has 0 saturated carbocycles. The molecule has 2 fully saturated rings. The summed E-state index contributed by atoms with van der Waals surface area (Å²) in [5.74, 6) is -1.44. The number of nitrogens with one attached hydrogen (secondary N) is 1. The third-order valence-electron chi connectivity index (χ3n) is 5.14. The first kappa shape index (κ1) is 18.1. The van der Waals surface area contributed by atoms with Crippen molar-refractivity contribution >= 4 is 6.03 Å². The first-order chi connectivity index (χ1) is 12.0. The molecule has 1 unspecified atom stereocenters. The number of benzene rings is 1. The highest BCUT2D eigenvalue weighted by atomic mass is 19.2. The Bertz CT molecular complexity index is 606. The van der Waals surface area contributed by atoms with Gasteiger partial charge in [-0.15, -0.1) is 0 Å². The van der Waals surface area contributed by atoms with Gasteiger partial charge in [-0.2, -0.15) is 0 Å². The van der Waals surface area contributed by atoms with E-state index in [0.717, 1.165) is 44.0 Å².